The van der Waals surface area contributed by atoms with Gasteiger partial charge < -0.3 is 13.7 Å². The number of benzene rings is 12. The van der Waals surface area contributed by atoms with Crippen LogP contribution < -0.4 is 21.1 Å². The normalized spacial score (nSPS) is 13.6. The lowest BCUT2D eigenvalue weighted by molar-refractivity contribution is 0.486. The molecule has 2 aromatic heterocycles. The summed E-state index contributed by atoms with van der Waals surface area (Å²) in [6.07, 6.45) is 0. The molecule has 2 aliphatic rings. The van der Waals surface area contributed by atoms with E-state index in [-0.39, 0.29) is 18.0 Å². The van der Waals surface area contributed by atoms with E-state index in [0.29, 0.717) is 0 Å². The van der Waals surface area contributed by atoms with Crippen LogP contribution in [0.2, 0.25) is 0 Å². The molecule has 14 aromatic rings. The molecule has 0 spiro atoms. The van der Waals surface area contributed by atoms with E-state index in [1.54, 1.807) is 0 Å². The molecule has 1 atom stereocenters. The number of hydrogen-bond donors (Lipinski definition) is 0. The molecule has 2 aliphatic heterocycles. The molecule has 0 radical (unpaired) electrons. The Morgan fingerprint density at radius 2 is 0.938 bits per heavy atom. The highest BCUT2D eigenvalue weighted by Crippen LogP contribution is 2.49. The third kappa shape index (κ3) is 7.65. The standard InChI is InChI=1S/C77H54BNO2/c1-77(2,3)57-33-28-51(29-34-57)56-44-64-73(75-59(52-24-14-7-15-25-52)37-41-71-74(75)61-26-16-17-27-69(61)80-71)60-36-30-55(50-22-12-6-13-23-50)45-65(60)78-66-47-58(35-40-70(66)81-72(46-56)76(64)78)79-67-38-31-53(48-18-8-4-9-19-48)42-62(67)63-43-54(32-39-68(63)79)49-20-10-5-11-21-49/h4-47,73H,1-3H3. The lowest BCUT2D eigenvalue weighted by atomic mass is 9.31. The fraction of sp³-hybridized carbons (Fsp3) is 0.0649. The molecule has 4 heteroatoms. The van der Waals surface area contributed by atoms with Gasteiger partial charge in [0.25, 0.3) is 6.71 Å². The van der Waals surface area contributed by atoms with E-state index in [4.69, 9.17) is 9.15 Å². The Morgan fingerprint density at radius 3 is 1.57 bits per heavy atom. The maximum atomic E-state index is 7.49. The highest BCUT2D eigenvalue weighted by atomic mass is 16.5. The quantitative estimate of drug-likeness (QED) is 0.149. The minimum Gasteiger partial charge on any atom is -0.458 e. The Morgan fingerprint density at radius 1 is 0.383 bits per heavy atom. The smallest absolute Gasteiger partial charge is 0.251 e. The Hall–Kier alpha value is -9.90. The summed E-state index contributed by atoms with van der Waals surface area (Å²) in [6, 6.07) is 98.4. The zero-order chi connectivity index (χ0) is 53.9. The van der Waals surface area contributed by atoms with Gasteiger partial charge in [0.1, 0.15) is 22.7 Å². The lowest BCUT2D eigenvalue weighted by Gasteiger charge is -2.39. The first-order valence-corrected chi connectivity index (χ1v) is 28.3. The molecule has 0 N–H and O–H groups in total. The highest BCUT2D eigenvalue weighted by molar-refractivity contribution is 6.98. The number of nitrogens with zero attached hydrogens (tertiary/aromatic N) is 1. The number of fused-ring (bicyclic) bond motifs is 10. The molecular formula is C77H54BNO2. The van der Waals surface area contributed by atoms with E-state index in [2.05, 4.69) is 292 Å². The van der Waals surface area contributed by atoms with E-state index < -0.39 is 0 Å². The van der Waals surface area contributed by atoms with Crippen LogP contribution in [-0.4, -0.2) is 11.3 Å². The van der Waals surface area contributed by atoms with Gasteiger partial charge in [-0.2, -0.15) is 0 Å². The van der Waals surface area contributed by atoms with Gasteiger partial charge in [0.15, 0.2) is 0 Å². The van der Waals surface area contributed by atoms with E-state index >= 15 is 0 Å². The van der Waals surface area contributed by atoms with Crippen LogP contribution in [0.15, 0.2) is 271 Å². The van der Waals surface area contributed by atoms with Crippen molar-refractivity contribution in [1.29, 1.82) is 0 Å². The first kappa shape index (κ1) is 47.1. The average Bonchev–Trinajstić information content (AvgIpc) is 2.74. The van der Waals surface area contributed by atoms with Gasteiger partial charge >= 0.3 is 0 Å². The van der Waals surface area contributed by atoms with Crippen molar-refractivity contribution in [2.24, 2.45) is 0 Å². The van der Waals surface area contributed by atoms with Gasteiger partial charge in [-0.25, -0.2) is 0 Å². The van der Waals surface area contributed by atoms with Gasteiger partial charge in [-0.3, -0.25) is 0 Å². The number of furan rings is 1. The van der Waals surface area contributed by atoms with Gasteiger partial charge in [-0.05, 0) is 155 Å². The van der Waals surface area contributed by atoms with Gasteiger partial charge in [0, 0.05) is 33.2 Å². The summed E-state index contributed by atoms with van der Waals surface area (Å²) < 4.78 is 16.8. The van der Waals surface area contributed by atoms with Crippen LogP contribution in [0, 0.1) is 0 Å². The summed E-state index contributed by atoms with van der Waals surface area (Å²) in [7, 11) is 0. The van der Waals surface area contributed by atoms with Gasteiger partial charge in [-0.15, -0.1) is 0 Å². The second kappa shape index (κ2) is 18.3. The minimum absolute atomic E-state index is 0.0159. The van der Waals surface area contributed by atoms with Crippen molar-refractivity contribution in [3.05, 3.63) is 289 Å². The zero-order valence-corrected chi connectivity index (χ0v) is 45.3. The predicted molar refractivity (Wildman–Crippen MR) is 339 cm³/mol. The topological polar surface area (TPSA) is 27.3 Å². The maximum absolute atomic E-state index is 7.49. The van der Waals surface area contributed by atoms with Gasteiger partial charge in [0.2, 0.25) is 0 Å². The summed E-state index contributed by atoms with van der Waals surface area (Å²) >= 11 is 0. The SMILES string of the molecule is CC(C)(C)c1ccc(-c2cc3c4c(c2)C(c2c(-c5ccccc5)ccc5oc6ccccc6c25)c2ccc(-c5ccccc5)cc2B4c2cc(-n4c5ccc(-c6ccccc6)cc5c5cc(-c6ccccc6)ccc54)ccc2O3)cc1. The zero-order valence-electron chi connectivity index (χ0n) is 45.3. The fourth-order valence-corrected chi connectivity index (χ4v) is 13.5. The van der Waals surface area contributed by atoms with Gasteiger partial charge in [0.05, 0.1) is 11.0 Å². The third-order valence-corrected chi connectivity index (χ3v) is 17.4. The predicted octanol–water partition coefficient (Wildman–Crippen LogP) is 18.4. The van der Waals surface area contributed by atoms with E-state index in [1.165, 1.54) is 82.9 Å². The second-order valence-corrected chi connectivity index (χ2v) is 23.1. The Labute approximate surface area is 472 Å². The number of rotatable bonds is 7. The molecule has 382 valence electrons. The Balaban J connectivity index is 0.979. The van der Waals surface area contributed by atoms with Crippen molar-refractivity contribution in [3.8, 4) is 72.8 Å². The van der Waals surface area contributed by atoms with Crippen molar-refractivity contribution in [2.45, 2.75) is 32.1 Å². The van der Waals surface area contributed by atoms with Gasteiger partial charge in [-0.1, -0.05) is 232 Å². The van der Waals surface area contributed by atoms with Crippen LogP contribution in [0.4, 0.5) is 0 Å². The van der Waals surface area contributed by atoms with Crippen molar-refractivity contribution < 1.29 is 9.15 Å². The van der Waals surface area contributed by atoms with Crippen LogP contribution in [0.3, 0.4) is 0 Å². The number of ether oxygens (including phenoxy) is 1. The first-order valence-electron chi connectivity index (χ1n) is 28.3. The maximum Gasteiger partial charge on any atom is 0.251 e. The molecular weight excluding hydrogens is 982 g/mol. The molecule has 16 rings (SSSR count). The van der Waals surface area contributed by atoms with Crippen LogP contribution >= 0.6 is 0 Å². The first-order chi connectivity index (χ1) is 39.8. The summed E-state index contributed by atoms with van der Waals surface area (Å²) in [5, 5.41) is 4.67. The van der Waals surface area contributed by atoms with E-state index in [9.17, 15) is 0 Å². The summed E-state index contributed by atoms with van der Waals surface area (Å²) in [5.74, 6) is 1.54. The molecule has 3 nitrogen and oxygen atoms in total. The highest BCUT2D eigenvalue weighted by Gasteiger charge is 2.44. The van der Waals surface area contributed by atoms with Crippen LogP contribution in [0.1, 0.15) is 48.9 Å². The lowest BCUT2D eigenvalue weighted by Crippen LogP contribution is -2.60. The van der Waals surface area contributed by atoms with E-state index in [0.717, 1.165) is 72.3 Å². The third-order valence-electron chi connectivity index (χ3n) is 17.4. The van der Waals surface area contributed by atoms with Crippen molar-refractivity contribution in [1.82, 2.24) is 4.57 Å². The molecule has 12 aromatic carbocycles. The molecule has 0 aliphatic carbocycles. The summed E-state index contributed by atoms with van der Waals surface area (Å²) in [5.41, 5.74) is 25.6. The van der Waals surface area contributed by atoms with Crippen LogP contribution in [0.5, 0.6) is 11.5 Å². The van der Waals surface area contributed by atoms with Crippen LogP contribution in [0.25, 0.3) is 105 Å². The van der Waals surface area contributed by atoms with E-state index in [1.807, 2.05) is 0 Å². The molecule has 1 unspecified atom stereocenters. The molecule has 0 saturated heterocycles. The molecule has 0 fully saturated rings. The number of hydrogen-bond acceptors (Lipinski definition) is 2. The largest absolute Gasteiger partial charge is 0.458 e. The fourth-order valence-electron chi connectivity index (χ4n) is 13.5. The average molecular weight is 1040 g/mol. The van der Waals surface area contributed by atoms with Crippen LogP contribution in [-0.2, 0) is 5.41 Å². The van der Waals surface area contributed by atoms with Crippen molar-refractivity contribution >= 4 is 66.8 Å². The number of aromatic nitrogens is 1. The Bertz CT molecular complexity index is 4700. The molecule has 81 heavy (non-hydrogen) atoms. The molecule has 0 amide bonds. The summed E-state index contributed by atoms with van der Waals surface area (Å²) in [4.78, 5) is 0. The van der Waals surface area contributed by atoms with Crippen molar-refractivity contribution in [3.63, 3.8) is 0 Å². The molecule has 0 saturated carbocycles. The molecule has 4 heterocycles. The van der Waals surface area contributed by atoms with Crippen molar-refractivity contribution in [2.75, 3.05) is 0 Å². The monoisotopic (exact) mass is 1040 g/mol. The number of para-hydroxylation sites is 1. The molecule has 0 bridgehead atoms. The second-order valence-electron chi connectivity index (χ2n) is 23.1. The minimum atomic E-state index is -0.216. The summed E-state index contributed by atoms with van der Waals surface area (Å²) in [6.45, 7) is 6.67. The Kier molecular flexibility index (Phi) is 10.7.